The minimum atomic E-state index is -2.46. The van der Waals surface area contributed by atoms with Gasteiger partial charge in [-0.1, -0.05) is 25.1 Å². The van der Waals surface area contributed by atoms with Gasteiger partial charge in [-0.3, -0.25) is 0 Å². The fourth-order valence-electron chi connectivity index (χ4n) is 3.30. The van der Waals surface area contributed by atoms with Crippen LogP contribution >= 0.6 is 12.2 Å². The molecule has 1 saturated carbocycles. The summed E-state index contributed by atoms with van der Waals surface area (Å²) in [5.74, 6) is 1.39. The number of rotatable bonds is 10. The third-order valence-electron chi connectivity index (χ3n) is 4.31. The Bertz CT molecular complexity index is 295. The predicted octanol–water partition coefficient (Wildman–Crippen LogP) is 4.62. The first-order chi connectivity index (χ1) is 10.1. The van der Waals surface area contributed by atoms with Crippen molar-refractivity contribution in [1.82, 2.24) is 0 Å². The average molecular weight is 333 g/mol. The summed E-state index contributed by atoms with van der Waals surface area (Å²) in [6, 6.07) is 0.941. The second-order valence-corrected chi connectivity index (χ2v) is 9.24. The lowest BCUT2D eigenvalue weighted by atomic mass is 9.79. The van der Waals surface area contributed by atoms with E-state index in [1.807, 2.05) is 20.8 Å². The maximum absolute atomic E-state index is 5.94. The van der Waals surface area contributed by atoms with Crippen molar-refractivity contribution in [2.75, 3.05) is 19.8 Å². The zero-order valence-electron chi connectivity index (χ0n) is 14.2. The van der Waals surface area contributed by atoms with Crippen LogP contribution in [0.1, 0.15) is 59.8 Å². The van der Waals surface area contributed by atoms with Gasteiger partial charge >= 0.3 is 8.80 Å². The van der Waals surface area contributed by atoms with Crippen molar-refractivity contribution >= 4 is 25.9 Å². The van der Waals surface area contributed by atoms with Crippen LogP contribution in [-0.2, 0) is 13.3 Å². The standard InChI is InChI=1S/C16H32O3SSi/c1-5-17-21(18-6-2,19-7-3)12-11-15-9-8-10-16(13-15)14(4)20/h15-16H,5-13H2,1-4H3. The van der Waals surface area contributed by atoms with Gasteiger partial charge in [0, 0.05) is 25.9 Å². The third-order valence-corrected chi connectivity index (χ3v) is 7.73. The van der Waals surface area contributed by atoms with Gasteiger partial charge in [-0.2, -0.15) is 0 Å². The minimum absolute atomic E-state index is 0.640. The molecule has 124 valence electrons. The fraction of sp³-hybridized carbons (Fsp3) is 0.938. The maximum atomic E-state index is 5.94. The summed E-state index contributed by atoms with van der Waals surface area (Å²) in [4.78, 5) is 1.18. The molecule has 0 N–H and O–H groups in total. The van der Waals surface area contributed by atoms with Crippen molar-refractivity contribution in [2.45, 2.75) is 65.8 Å². The van der Waals surface area contributed by atoms with Crippen LogP contribution in [0, 0.1) is 11.8 Å². The first-order valence-electron chi connectivity index (χ1n) is 8.49. The molecule has 2 atom stereocenters. The van der Waals surface area contributed by atoms with Crippen molar-refractivity contribution in [1.29, 1.82) is 0 Å². The topological polar surface area (TPSA) is 27.7 Å². The van der Waals surface area contributed by atoms with Gasteiger partial charge in [-0.25, -0.2) is 0 Å². The molecule has 1 aliphatic rings. The highest BCUT2D eigenvalue weighted by Gasteiger charge is 2.40. The molecule has 0 aliphatic heterocycles. The first-order valence-corrected chi connectivity index (χ1v) is 10.8. The van der Waals surface area contributed by atoms with Crippen LogP contribution in [0.25, 0.3) is 0 Å². The second-order valence-electron chi connectivity index (χ2n) is 5.86. The molecule has 0 aromatic rings. The normalized spacial score (nSPS) is 23.2. The van der Waals surface area contributed by atoms with Crippen LogP contribution in [0.2, 0.25) is 6.04 Å². The molecule has 1 rings (SSSR count). The summed E-state index contributed by atoms with van der Waals surface area (Å²) in [6.07, 6.45) is 6.27. The van der Waals surface area contributed by atoms with E-state index in [9.17, 15) is 0 Å². The Balaban J connectivity index is 2.56. The Morgan fingerprint density at radius 3 is 2.10 bits per heavy atom. The zero-order chi connectivity index (χ0) is 15.7. The van der Waals surface area contributed by atoms with Crippen LogP contribution < -0.4 is 0 Å². The first kappa shape index (κ1) is 19.2. The summed E-state index contributed by atoms with van der Waals surface area (Å²) in [5, 5.41) is 0. The molecule has 0 radical (unpaired) electrons. The molecular weight excluding hydrogens is 300 g/mol. The van der Waals surface area contributed by atoms with E-state index >= 15 is 0 Å². The van der Waals surface area contributed by atoms with Gasteiger partial charge in [0.2, 0.25) is 0 Å². The molecule has 0 bridgehead atoms. The Morgan fingerprint density at radius 2 is 1.62 bits per heavy atom. The third kappa shape index (κ3) is 6.45. The van der Waals surface area contributed by atoms with E-state index in [2.05, 4.69) is 6.92 Å². The molecule has 0 aromatic heterocycles. The Kier molecular flexibility index (Phi) is 9.21. The van der Waals surface area contributed by atoms with E-state index < -0.39 is 8.80 Å². The van der Waals surface area contributed by atoms with E-state index in [4.69, 9.17) is 25.5 Å². The molecular formula is C16H32O3SSi. The highest BCUT2D eigenvalue weighted by atomic mass is 32.1. The van der Waals surface area contributed by atoms with Crippen molar-refractivity contribution in [2.24, 2.45) is 11.8 Å². The van der Waals surface area contributed by atoms with E-state index in [-0.39, 0.29) is 0 Å². The Hall–Kier alpha value is 0.187. The Morgan fingerprint density at radius 1 is 1.05 bits per heavy atom. The highest BCUT2D eigenvalue weighted by molar-refractivity contribution is 7.80. The maximum Gasteiger partial charge on any atom is 0.500 e. The van der Waals surface area contributed by atoms with Gasteiger partial charge in [-0.15, -0.1) is 0 Å². The van der Waals surface area contributed by atoms with Gasteiger partial charge in [0.1, 0.15) is 0 Å². The molecule has 0 aromatic carbocycles. The molecule has 5 heteroatoms. The molecule has 2 unspecified atom stereocenters. The van der Waals surface area contributed by atoms with Crippen LogP contribution in [0.15, 0.2) is 0 Å². The van der Waals surface area contributed by atoms with Gasteiger partial charge in [-0.05, 0) is 63.7 Å². The molecule has 0 heterocycles. The molecule has 1 aliphatic carbocycles. The van der Waals surface area contributed by atoms with E-state index in [1.165, 1.54) is 30.5 Å². The van der Waals surface area contributed by atoms with Crippen molar-refractivity contribution < 1.29 is 13.3 Å². The van der Waals surface area contributed by atoms with Gasteiger partial charge < -0.3 is 13.3 Å². The summed E-state index contributed by atoms with van der Waals surface area (Å²) in [5.41, 5.74) is 0. The molecule has 3 nitrogen and oxygen atoms in total. The smallest absolute Gasteiger partial charge is 0.374 e. The van der Waals surface area contributed by atoms with Crippen molar-refractivity contribution in [3.8, 4) is 0 Å². The number of hydrogen-bond donors (Lipinski definition) is 0. The average Bonchev–Trinajstić information content (AvgIpc) is 2.46. The lowest BCUT2D eigenvalue weighted by Gasteiger charge is -2.32. The second kappa shape index (κ2) is 10.1. The lowest BCUT2D eigenvalue weighted by Crippen LogP contribution is -2.46. The largest absolute Gasteiger partial charge is 0.500 e. The van der Waals surface area contributed by atoms with Crippen molar-refractivity contribution in [3.63, 3.8) is 0 Å². The monoisotopic (exact) mass is 332 g/mol. The van der Waals surface area contributed by atoms with Gasteiger partial charge in [0.15, 0.2) is 0 Å². The molecule has 0 amide bonds. The molecule has 21 heavy (non-hydrogen) atoms. The van der Waals surface area contributed by atoms with E-state index in [1.54, 1.807) is 0 Å². The zero-order valence-corrected chi connectivity index (χ0v) is 16.0. The van der Waals surface area contributed by atoms with Crippen LogP contribution in [0.3, 0.4) is 0 Å². The van der Waals surface area contributed by atoms with E-state index in [0.717, 1.165) is 18.4 Å². The molecule has 0 saturated heterocycles. The van der Waals surface area contributed by atoms with Crippen LogP contribution in [0.4, 0.5) is 0 Å². The number of thiocarbonyl (C=S) groups is 1. The summed E-state index contributed by atoms with van der Waals surface area (Å²) >= 11 is 5.39. The summed E-state index contributed by atoms with van der Waals surface area (Å²) < 4.78 is 17.8. The minimum Gasteiger partial charge on any atom is -0.374 e. The Labute approximate surface area is 137 Å². The van der Waals surface area contributed by atoms with E-state index in [0.29, 0.717) is 25.7 Å². The summed E-state index contributed by atoms with van der Waals surface area (Å²) in [7, 11) is -2.46. The van der Waals surface area contributed by atoms with Crippen LogP contribution in [0.5, 0.6) is 0 Å². The number of hydrogen-bond acceptors (Lipinski definition) is 4. The quantitative estimate of drug-likeness (QED) is 0.431. The predicted molar refractivity (Wildman–Crippen MR) is 93.8 cm³/mol. The molecule has 0 spiro atoms. The van der Waals surface area contributed by atoms with Crippen LogP contribution in [-0.4, -0.2) is 33.5 Å². The lowest BCUT2D eigenvalue weighted by molar-refractivity contribution is 0.0688. The summed E-state index contributed by atoms with van der Waals surface area (Å²) in [6.45, 7) is 10.2. The van der Waals surface area contributed by atoms with Gasteiger partial charge in [0.25, 0.3) is 0 Å². The fourth-order valence-corrected chi connectivity index (χ4v) is 6.28. The highest BCUT2D eigenvalue weighted by Crippen LogP contribution is 2.34. The van der Waals surface area contributed by atoms with Gasteiger partial charge in [0.05, 0.1) is 0 Å². The van der Waals surface area contributed by atoms with Crippen molar-refractivity contribution in [3.05, 3.63) is 0 Å². The molecule has 1 fully saturated rings. The SMILES string of the molecule is CCO[Si](CCC1CCCC(C(C)=S)C1)(OCC)OCC.